The normalized spacial score (nSPS) is 16.8. The number of hydrogen-bond acceptors (Lipinski definition) is 3. The molecule has 0 aromatic carbocycles. The second kappa shape index (κ2) is 5.60. The van der Waals surface area contributed by atoms with E-state index in [1.807, 2.05) is 4.90 Å². The molecule has 2 heterocycles. The molecule has 1 aromatic rings. The van der Waals surface area contributed by atoms with Crippen molar-refractivity contribution >= 4 is 21.6 Å². The highest BCUT2D eigenvalue weighted by molar-refractivity contribution is 6.39. The van der Waals surface area contributed by atoms with Crippen LogP contribution < -0.4 is 0 Å². The summed E-state index contributed by atoms with van der Waals surface area (Å²) >= 11 is 0. The number of carbonyl (C=O) groups excluding carboxylic acids is 1. The van der Waals surface area contributed by atoms with Gasteiger partial charge in [-0.15, -0.1) is 0 Å². The SMILES string of the molecule is [B]C([B])(c1cccc(C(=O)N(C)C)n1)N1CC(CC)C1. The van der Waals surface area contributed by atoms with Gasteiger partial charge in [0.1, 0.15) is 5.69 Å². The number of carbonyl (C=O) groups is 1. The van der Waals surface area contributed by atoms with E-state index in [-0.39, 0.29) is 5.91 Å². The summed E-state index contributed by atoms with van der Waals surface area (Å²) in [6.07, 6.45) is 1.12. The van der Waals surface area contributed by atoms with Crippen LogP contribution in [0.15, 0.2) is 18.2 Å². The largest absolute Gasteiger partial charge is 0.343 e. The van der Waals surface area contributed by atoms with Crippen molar-refractivity contribution in [3.8, 4) is 0 Å². The van der Waals surface area contributed by atoms with E-state index in [0.717, 1.165) is 19.5 Å². The fourth-order valence-corrected chi connectivity index (χ4v) is 2.30. The fraction of sp³-hybridized carbons (Fsp3) is 0.571. The molecule has 2 rings (SSSR count). The number of rotatable bonds is 4. The predicted molar refractivity (Wildman–Crippen MR) is 80.8 cm³/mol. The molecule has 20 heavy (non-hydrogen) atoms. The maximum absolute atomic E-state index is 11.9. The molecule has 0 aliphatic carbocycles. The molecule has 0 bridgehead atoms. The Morgan fingerprint density at radius 3 is 2.65 bits per heavy atom. The standard InChI is InChI=1S/C14H19B2N3O/c1-4-10-8-19(9-10)14(15,16)12-7-5-6-11(17-12)13(20)18(2)3/h5-7,10H,4,8-9H2,1-3H3. The van der Waals surface area contributed by atoms with Gasteiger partial charge in [0, 0.05) is 32.9 Å². The highest BCUT2D eigenvalue weighted by Gasteiger charge is 2.37. The monoisotopic (exact) mass is 267 g/mol. The third kappa shape index (κ3) is 2.75. The molecule has 0 saturated carbocycles. The third-order valence-electron chi connectivity index (χ3n) is 3.84. The van der Waals surface area contributed by atoms with Gasteiger partial charge < -0.3 is 9.80 Å². The molecule has 0 atom stereocenters. The Hall–Kier alpha value is -1.29. The minimum Gasteiger partial charge on any atom is -0.343 e. The van der Waals surface area contributed by atoms with E-state index >= 15 is 0 Å². The van der Waals surface area contributed by atoms with Crippen LogP contribution in [0.5, 0.6) is 0 Å². The van der Waals surface area contributed by atoms with Crippen LogP contribution in [0.2, 0.25) is 0 Å². The van der Waals surface area contributed by atoms with E-state index in [1.165, 1.54) is 4.90 Å². The first kappa shape index (κ1) is 15.1. The van der Waals surface area contributed by atoms with E-state index in [0.29, 0.717) is 17.3 Å². The van der Waals surface area contributed by atoms with Crippen molar-refractivity contribution in [2.75, 3.05) is 27.2 Å². The zero-order chi connectivity index (χ0) is 14.9. The van der Waals surface area contributed by atoms with Crippen molar-refractivity contribution in [2.45, 2.75) is 18.7 Å². The molecule has 1 amide bonds. The number of likely N-dealkylation sites (tertiary alicyclic amines) is 1. The van der Waals surface area contributed by atoms with Crippen LogP contribution in [0, 0.1) is 5.92 Å². The lowest BCUT2D eigenvalue weighted by Gasteiger charge is -2.50. The van der Waals surface area contributed by atoms with Crippen molar-refractivity contribution in [3.05, 3.63) is 29.6 Å². The van der Waals surface area contributed by atoms with Crippen molar-refractivity contribution in [2.24, 2.45) is 5.92 Å². The number of pyridine rings is 1. The Bertz CT molecular complexity index is 499. The van der Waals surface area contributed by atoms with Gasteiger partial charge in [0.15, 0.2) is 0 Å². The van der Waals surface area contributed by atoms with Crippen molar-refractivity contribution in [3.63, 3.8) is 0 Å². The van der Waals surface area contributed by atoms with Gasteiger partial charge in [0.25, 0.3) is 5.91 Å². The molecule has 102 valence electrons. The van der Waals surface area contributed by atoms with Crippen LogP contribution in [-0.4, -0.2) is 63.6 Å². The number of nitrogens with zero attached hydrogens (tertiary/aromatic N) is 3. The van der Waals surface area contributed by atoms with Gasteiger partial charge >= 0.3 is 0 Å². The fourth-order valence-electron chi connectivity index (χ4n) is 2.30. The second-order valence-corrected chi connectivity index (χ2v) is 5.61. The Balaban J connectivity index is 2.20. The molecule has 1 aromatic heterocycles. The average molecular weight is 267 g/mol. The van der Waals surface area contributed by atoms with Crippen molar-refractivity contribution in [1.29, 1.82) is 0 Å². The summed E-state index contributed by atoms with van der Waals surface area (Å²) in [4.78, 5) is 19.8. The van der Waals surface area contributed by atoms with Gasteiger partial charge in [-0.3, -0.25) is 4.79 Å². The Morgan fingerprint density at radius 1 is 1.45 bits per heavy atom. The third-order valence-corrected chi connectivity index (χ3v) is 3.84. The molecule has 1 aliphatic heterocycles. The number of amides is 1. The van der Waals surface area contributed by atoms with Crippen molar-refractivity contribution in [1.82, 2.24) is 14.8 Å². The van der Waals surface area contributed by atoms with E-state index in [1.54, 1.807) is 32.3 Å². The zero-order valence-corrected chi connectivity index (χ0v) is 12.3. The first-order valence-electron chi connectivity index (χ1n) is 6.88. The molecule has 0 unspecified atom stereocenters. The van der Waals surface area contributed by atoms with Crippen LogP contribution in [-0.2, 0) is 5.34 Å². The minimum atomic E-state index is -1.12. The van der Waals surface area contributed by atoms with E-state index < -0.39 is 5.34 Å². The zero-order valence-electron chi connectivity index (χ0n) is 12.3. The minimum absolute atomic E-state index is 0.155. The second-order valence-electron chi connectivity index (χ2n) is 5.61. The van der Waals surface area contributed by atoms with Gasteiger partial charge in [-0.1, -0.05) is 19.4 Å². The molecule has 4 radical (unpaired) electrons. The maximum atomic E-state index is 11.9. The summed E-state index contributed by atoms with van der Waals surface area (Å²) < 4.78 is 0. The van der Waals surface area contributed by atoms with Crippen molar-refractivity contribution < 1.29 is 4.79 Å². The summed E-state index contributed by atoms with van der Waals surface area (Å²) in [5.74, 6) is 0.491. The molecule has 1 aliphatic rings. The summed E-state index contributed by atoms with van der Waals surface area (Å²) in [7, 11) is 15.8. The van der Waals surface area contributed by atoms with Gasteiger partial charge in [-0.05, 0) is 23.4 Å². The molecule has 0 spiro atoms. The predicted octanol–water partition coefficient (Wildman–Crippen LogP) is 0.573. The molecular weight excluding hydrogens is 248 g/mol. The number of aromatic nitrogens is 1. The topological polar surface area (TPSA) is 36.4 Å². The van der Waals surface area contributed by atoms with E-state index in [9.17, 15) is 4.79 Å². The van der Waals surface area contributed by atoms with Gasteiger partial charge in [0.2, 0.25) is 0 Å². The lowest BCUT2D eigenvalue weighted by molar-refractivity contribution is 0.0617. The van der Waals surface area contributed by atoms with Crippen LogP contribution in [0.25, 0.3) is 0 Å². The van der Waals surface area contributed by atoms with E-state index in [4.69, 9.17) is 15.7 Å². The summed E-state index contributed by atoms with van der Waals surface area (Å²) in [5.41, 5.74) is 0.889. The van der Waals surface area contributed by atoms with E-state index in [2.05, 4.69) is 11.9 Å². The Kier molecular flexibility index (Phi) is 4.23. The Labute approximate surface area is 123 Å². The summed E-state index contributed by atoms with van der Waals surface area (Å²) in [5, 5.41) is -1.12. The summed E-state index contributed by atoms with van der Waals surface area (Å²) in [6.45, 7) is 3.90. The Morgan fingerprint density at radius 2 is 2.10 bits per heavy atom. The van der Waals surface area contributed by atoms with Crippen LogP contribution in [0.3, 0.4) is 0 Å². The molecular formula is C14H19B2N3O. The quantitative estimate of drug-likeness (QED) is 0.748. The average Bonchev–Trinajstić information content (AvgIpc) is 2.36. The van der Waals surface area contributed by atoms with Crippen LogP contribution in [0.4, 0.5) is 0 Å². The molecule has 6 heteroatoms. The lowest BCUT2D eigenvalue weighted by Crippen LogP contribution is -2.59. The van der Waals surface area contributed by atoms with Gasteiger partial charge in [-0.25, -0.2) is 4.98 Å². The van der Waals surface area contributed by atoms with Crippen LogP contribution in [0.1, 0.15) is 29.5 Å². The lowest BCUT2D eigenvalue weighted by atomic mass is 9.57. The maximum Gasteiger partial charge on any atom is 0.271 e. The summed E-state index contributed by atoms with van der Waals surface area (Å²) in [6, 6.07) is 5.21. The van der Waals surface area contributed by atoms with Gasteiger partial charge in [-0.2, -0.15) is 0 Å². The van der Waals surface area contributed by atoms with Gasteiger partial charge in [0.05, 0.1) is 15.7 Å². The molecule has 4 nitrogen and oxygen atoms in total. The molecule has 0 N–H and O–H groups in total. The van der Waals surface area contributed by atoms with Crippen LogP contribution >= 0.6 is 0 Å². The molecule has 1 fully saturated rings. The highest BCUT2D eigenvalue weighted by Crippen LogP contribution is 2.30. The highest BCUT2D eigenvalue weighted by atomic mass is 16.2. The smallest absolute Gasteiger partial charge is 0.271 e. The first-order chi connectivity index (χ1) is 9.36. The first-order valence-corrected chi connectivity index (χ1v) is 6.88. The molecule has 1 saturated heterocycles. The number of hydrogen-bond donors (Lipinski definition) is 0.